The fraction of sp³-hybridized carbons (Fsp3) is 0.261. The number of piperidine rings is 1. The van der Waals surface area contributed by atoms with Gasteiger partial charge < -0.3 is 14.2 Å². The van der Waals surface area contributed by atoms with E-state index in [2.05, 4.69) is 4.72 Å². The van der Waals surface area contributed by atoms with Gasteiger partial charge >= 0.3 is 0 Å². The molecule has 1 aliphatic rings. The number of thiophene rings is 1. The highest BCUT2D eigenvalue weighted by Crippen LogP contribution is 2.30. The quantitative estimate of drug-likeness (QED) is 0.563. The zero-order valence-corrected chi connectivity index (χ0v) is 18.8. The molecule has 0 bridgehead atoms. The summed E-state index contributed by atoms with van der Waals surface area (Å²) in [6, 6.07) is 18.4. The molecule has 31 heavy (non-hydrogen) atoms. The molecule has 1 aliphatic heterocycles. The van der Waals surface area contributed by atoms with Crippen molar-refractivity contribution in [3.8, 4) is 16.9 Å². The average molecular weight is 457 g/mol. The van der Waals surface area contributed by atoms with Gasteiger partial charge in [0, 0.05) is 30.3 Å². The average Bonchev–Trinajstić information content (AvgIpc) is 3.35. The van der Waals surface area contributed by atoms with Crippen molar-refractivity contribution >= 4 is 27.6 Å². The monoisotopic (exact) mass is 456 g/mol. The number of sulfonamides is 1. The zero-order valence-electron chi connectivity index (χ0n) is 17.2. The number of carbonyl (C=O) groups excluding carboxylic acids is 1. The third-order valence-electron chi connectivity index (χ3n) is 5.41. The van der Waals surface area contributed by atoms with Crippen LogP contribution in [0.1, 0.15) is 23.2 Å². The number of amides is 1. The van der Waals surface area contributed by atoms with Crippen molar-refractivity contribution < 1.29 is 18.3 Å². The highest BCUT2D eigenvalue weighted by atomic mass is 32.3. The van der Waals surface area contributed by atoms with Gasteiger partial charge in [0.2, 0.25) is 4.21 Å². The lowest BCUT2D eigenvalue weighted by Gasteiger charge is -2.32. The van der Waals surface area contributed by atoms with Crippen LogP contribution in [-0.2, 0) is 14.6 Å². The van der Waals surface area contributed by atoms with E-state index < -0.39 is 10.4 Å². The van der Waals surface area contributed by atoms with Crippen molar-refractivity contribution in [2.45, 2.75) is 23.1 Å². The van der Waals surface area contributed by atoms with Gasteiger partial charge in [-0.05, 0) is 48.1 Å². The summed E-state index contributed by atoms with van der Waals surface area (Å²) in [5, 5.41) is 1.75. The number of methoxy groups -OCH3 is 1. The first-order chi connectivity index (χ1) is 15.0. The number of nitrogens with zero attached hydrogens (tertiary/aromatic N) is 1. The van der Waals surface area contributed by atoms with Gasteiger partial charge in [0.25, 0.3) is 5.91 Å². The van der Waals surface area contributed by atoms with Crippen LogP contribution < -0.4 is 9.46 Å². The largest absolute Gasteiger partial charge is 0.592 e. The van der Waals surface area contributed by atoms with E-state index in [9.17, 15) is 13.6 Å². The number of nitrogens with one attached hydrogen (secondary N) is 1. The molecule has 1 atom stereocenters. The summed E-state index contributed by atoms with van der Waals surface area (Å²) >= 11 is 1.20. The smallest absolute Gasteiger partial charge is 0.253 e. The highest BCUT2D eigenvalue weighted by Gasteiger charge is 2.30. The molecule has 6 nitrogen and oxygen atoms in total. The maximum absolute atomic E-state index is 12.9. The maximum atomic E-state index is 12.9. The molecule has 2 heterocycles. The van der Waals surface area contributed by atoms with Gasteiger partial charge in [0.15, 0.2) is 10.4 Å². The number of likely N-dealkylation sites (tertiary alicyclic amines) is 1. The van der Waals surface area contributed by atoms with E-state index in [-0.39, 0.29) is 11.9 Å². The van der Waals surface area contributed by atoms with E-state index >= 15 is 0 Å². The molecule has 4 rings (SSSR count). The Hall–Kier alpha value is -2.52. The molecule has 0 saturated carbocycles. The van der Waals surface area contributed by atoms with E-state index in [4.69, 9.17) is 4.74 Å². The van der Waals surface area contributed by atoms with E-state index in [1.54, 1.807) is 29.5 Å². The first-order valence-electron chi connectivity index (χ1n) is 10.1. The Morgan fingerprint density at radius 2 is 1.81 bits per heavy atom. The maximum Gasteiger partial charge on any atom is 0.253 e. The molecule has 1 unspecified atom stereocenters. The highest BCUT2D eigenvalue weighted by molar-refractivity contribution is 7.97. The lowest BCUT2D eigenvalue weighted by Crippen LogP contribution is -2.48. The van der Waals surface area contributed by atoms with Gasteiger partial charge in [-0.25, -0.2) is 0 Å². The molecule has 1 fully saturated rings. The molecule has 1 N–H and O–H groups in total. The van der Waals surface area contributed by atoms with Gasteiger partial charge in [-0.2, -0.15) is 0 Å². The Morgan fingerprint density at radius 3 is 2.45 bits per heavy atom. The number of ether oxygens (including phenoxy) is 1. The minimum absolute atomic E-state index is 0.0360. The van der Waals surface area contributed by atoms with Crippen LogP contribution in [0.15, 0.2) is 70.3 Å². The first-order valence-corrected chi connectivity index (χ1v) is 12.4. The standard InChI is InChI=1S/C23H24N2O4S2/c1-29-21-6-3-2-5-20(21)17-8-10-18(11-9-17)23(26)25-14-12-19(13-15-25)24-31(27,28)22-7-4-16-30-22/h2-11,16,19H,12-15H2,1H3,(H-,24,27,28). The first kappa shape index (κ1) is 21.7. The Kier molecular flexibility index (Phi) is 6.52. The van der Waals surface area contributed by atoms with Crippen LogP contribution in [0.3, 0.4) is 0 Å². The van der Waals surface area contributed by atoms with Gasteiger partial charge in [0.1, 0.15) is 5.75 Å². The van der Waals surface area contributed by atoms with Gasteiger partial charge in [-0.15, -0.1) is 4.72 Å². The molecular weight excluding hydrogens is 432 g/mol. The fourth-order valence-electron chi connectivity index (χ4n) is 3.75. The van der Waals surface area contributed by atoms with Crippen molar-refractivity contribution in [3.63, 3.8) is 0 Å². The summed E-state index contributed by atoms with van der Waals surface area (Å²) in [6.07, 6.45) is 1.19. The van der Waals surface area contributed by atoms with Gasteiger partial charge in [0.05, 0.1) is 13.2 Å². The number of carbonyl (C=O) groups is 1. The van der Waals surface area contributed by atoms with Crippen molar-refractivity contribution in [2.24, 2.45) is 0 Å². The zero-order chi connectivity index (χ0) is 21.8. The molecule has 1 aromatic heterocycles. The van der Waals surface area contributed by atoms with Crippen LogP contribution in [0, 0.1) is 0 Å². The van der Waals surface area contributed by atoms with Crippen LogP contribution in [0.5, 0.6) is 5.75 Å². The summed E-state index contributed by atoms with van der Waals surface area (Å²) < 4.78 is 33.3. The summed E-state index contributed by atoms with van der Waals surface area (Å²) in [4.78, 5) is 14.7. The minimum Gasteiger partial charge on any atom is -0.592 e. The normalized spacial score (nSPS) is 16.6. The molecule has 0 aliphatic carbocycles. The molecule has 1 saturated heterocycles. The molecule has 1 amide bonds. The summed E-state index contributed by atoms with van der Waals surface area (Å²) in [7, 11) is -1.85. The topological polar surface area (TPSA) is 81.7 Å². The minimum atomic E-state index is -3.49. The van der Waals surface area contributed by atoms with Crippen LogP contribution in [0.4, 0.5) is 0 Å². The van der Waals surface area contributed by atoms with E-state index in [1.807, 2.05) is 48.5 Å². The molecular formula is C23H24N2O4S2. The molecule has 0 spiro atoms. The second kappa shape index (κ2) is 9.32. The summed E-state index contributed by atoms with van der Waals surface area (Å²) in [5.41, 5.74) is 2.58. The van der Waals surface area contributed by atoms with Crippen molar-refractivity contribution in [1.29, 1.82) is 0 Å². The lowest BCUT2D eigenvalue weighted by molar-refractivity contribution is 0.0711. The summed E-state index contributed by atoms with van der Waals surface area (Å²) in [5.74, 6) is 0.750. The molecule has 162 valence electrons. The van der Waals surface area contributed by atoms with Crippen LogP contribution in [-0.4, -0.2) is 41.6 Å². The molecule has 2 aromatic carbocycles. The third kappa shape index (κ3) is 4.88. The predicted octanol–water partition coefficient (Wildman–Crippen LogP) is 4.22. The Balaban J connectivity index is 1.37. The predicted molar refractivity (Wildman–Crippen MR) is 122 cm³/mol. The Morgan fingerprint density at radius 1 is 1.10 bits per heavy atom. The third-order valence-corrected chi connectivity index (χ3v) is 8.33. The van der Waals surface area contributed by atoms with Crippen molar-refractivity contribution in [1.82, 2.24) is 9.62 Å². The molecule has 0 radical (unpaired) electrons. The number of hydrogen-bond acceptors (Lipinski definition) is 5. The number of hydrogen-bond donors (Lipinski definition) is 1. The van der Waals surface area contributed by atoms with Gasteiger partial charge in [-0.1, -0.05) is 45.9 Å². The lowest BCUT2D eigenvalue weighted by atomic mass is 10.0. The number of rotatable bonds is 6. The second-order valence-electron chi connectivity index (χ2n) is 7.40. The van der Waals surface area contributed by atoms with E-state index in [0.29, 0.717) is 35.7 Å². The Labute approximate surface area is 187 Å². The molecule has 8 heteroatoms. The van der Waals surface area contributed by atoms with Gasteiger partial charge in [-0.3, -0.25) is 4.79 Å². The van der Waals surface area contributed by atoms with E-state index in [1.165, 1.54) is 11.3 Å². The van der Waals surface area contributed by atoms with Crippen molar-refractivity contribution in [2.75, 3.05) is 20.2 Å². The summed E-state index contributed by atoms with van der Waals surface area (Å²) in [6.45, 7) is 1.04. The van der Waals surface area contributed by atoms with E-state index in [0.717, 1.165) is 16.9 Å². The van der Waals surface area contributed by atoms with Crippen LogP contribution in [0.25, 0.3) is 11.1 Å². The number of para-hydroxylation sites is 1. The van der Waals surface area contributed by atoms with Crippen LogP contribution >= 0.6 is 11.3 Å². The SMILES string of the molecule is COc1ccccc1-c1ccc(C(=O)N2CCC(N[S+](=O)([O-])c3cccs3)CC2)cc1. The van der Waals surface area contributed by atoms with Crippen molar-refractivity contribution in [3.05, 3.63) is 71.6 Å². The Bertz CT molecular complexity index is 1080. The number of benzene rings is 2. The molecule has 3 aromatic rings. The van der Waals surface area contributed by atoms with Crippen LogP contribution in [0.2, 0.25) is 0 Å². The second-order valence-corrected chi connectivity index (χ2v) is 10.3. The fourth-order valence-corrected chi connectivity index (χ4v) is 6.07.